The van der Waals surface area contributed by atoms with Crippen LogP contribution in [0.5, 0.6) is 0 Å². The Morgan fingerprint density at radius 1 is 0.760 bits per heavy atom. The number of fused-ring (bicyclic) bond motifs is 1. The first kappa shape index (κ1) is 15.3. The van der Waals surface area contributed by atoms with Crippen LogP contribution in [0.15, 0.2) is 78.9 Å². The predicted octanol–water partition coefficient (Wildman–Crippen LogP) is 5.22. The summed E-state index contributed by atoms with van der Waals surface area (Å²) in [6, 6.07) is 26.8. The van der Waals surface area contributed by atoms with Gasteiger partial charge in [-0.2, -0.15) is 0 Å². The summed E-state index contributed by atoms with van der Waals surface area (Å²) in [5, 5.41) is 4.51. The van der Waals surface area contributed by atoms with Crippen molar-refractivity contribution in [3.8, 4) is 11.4 Å². The Hall–Kier alpha value is -3.20. The molecule has 0 aliphatic carbocycles. The second-order valence-corrected chi connectivity index (χ2v) is 6.12. The Labute approximate surface area is 147 Å². The molecule has 0 aliphatic rings. The minimum atomic E-state index is 0.731. The van der Waals surface area contributed by atoms with Crippen molar-refractivity contribution in [3.63, 3.8) is 0 Å². The van der Waals surface area contributed by atoms with E-state index < -0.39 is 0 Å². The van der Waals surface area contributed by atoms with Crippen molar-refractivity contribution in [3.05, 3.63) is 90.0 Å². The van der Waals surface area contributed by atoms with Gasteiger partial charge in [-0.15, -0.1) is 0 Å². The molecule has 3 heteroatoms. The second kappa shape index (κ2) is 6.73. The number of rotatable bonds is 4. The van der Waals surface area contributed by atoms with Crippen LogP contribution in [0.4, 0.5) is 5.82 Å². The Morgan fingerprint density at radius 2 is 1.48 bits per heavy atom. The summed E-state index contributed by atoms with van der Waals surface area (Å²) in [5.41, 5.74) is 4.43. The minimum absolute atomic E-state index is 0.731. The molecule has 25 heavy (non-hydrogen) atoms. The zero-order valence-corrected chi connectivity index (χ0v) is 14.1. The van der Waals surface area contributed by atoms with Gasteiger partial charge in [-0.05, 0) is 24.6 Å². The highest BCUT2D eigenvalue weighted by Crippen LogP contribution is 2.25. The van der Waals surface area contributed by atoms with Crippen molar-refractivity contribution in [1.29, 1.82) is 0 Å². The molecule has 0 radical (unpaired) electrons. The standard InChI is InChI=1S/C22H19N3/c1-16-11-13-18(14-12-16)21-24-20-10-6-5-9-19(20)22(25-21)23-15-17-7-3-2-4-8-17/h2-14H,15H2,1H3,(H,23,24,25). The first-order chi connectivity index (χ1) is 12.3. The monoisotopic (exact) mass is 325 g/mol. The Bertz CT molecular complexity index is 993. The molecule has 122 valence electrons. The average molecular weight is 325 g/mol. The SMILES string of the molecule is Cc1ccc(-c2nc(NCc3ccccc3)c3ccccc3n2)cc1. The van der Waals surface area contributed by atoms with Crippen molar-refractivity contribution in [2.45, 2.75) is 13.5 Å². The maximum atomic E-state index is 4.79. The highest BCUT2D eigenvalue weighted by molar-refractivity contribution is 5.90. The van der Waals surface area contributed by atoms with Gasteiger partial charge < -0.3 is 5.32 Å². The van der Waals surface area contributed by atoms with Gasteiger partial charge in [0, 0.05) is 17.5 Å². The maximum Gasteiger partial charge on any atom is 0.162 e. The van der Waals surface area contributed by atoms with Crippen LogP contribution in [0.25, 0.3) is 22.3 Å². The minimum Gasteiger partial charge on any atom is -0.365 e. The van der Waals surface area contributed by atoms with E-state index in [-0.39, 0.29) is 0 Å². The number of aryl methyl sites for hydroxylation is 1. The van der Waals surface area contributed by atoms with E-state index in [2.05, 4.69) is 54.7 Å². The molecule has 0 saturated carbocycles. The third kappa shape index (κ3) is 3.36. The zero-order chi connectivity index (χ0) is 17.1. The van der Waals surface area contributed by atoms with E-state index in [9.17, 15) is 0 Å². The number of nitrogens with one attached hydrogen (secondary N) is 1. The molecule has 1 aromatic heterocycles. The number of nitrogens with zero attached hydrogens (tertiary/aromatic N) is 2. The van der Waals surface area contributed by atoms with E-state index in [1.54, 1.807) is 0 Å². The van der Waals surface area contributed by atoms with Gasteiger partial charge in [0.1, 0.15) is 5.82 Å². The number of aromatic nitrogens is 2. The zero-order valence-electron chi connectivity index (χ0n) is 14.1. The van der Waals surface area contributed by atoms with Crippen LogP contribution in [0.1, 0.15) is 11.1 Å². The van der Waals surface area contributed by atoms with Gasteiger partial charge in [0.15, 0.2) is 5.82 Å². The molecule has 3 nitrogen and oxygen atoms in total. The van der Waals surface area contributed by atoms with Crippen molar-refractivity contribution in [2.75, 3.05) is 5.32 Å². The molecule has 0 aliphatic heterocycles. The van der Waals surface area contributed by atoms with Gasteiger partial charge in [-0.25, -0.2) is 9.97 Å². The summed E-state index contributed by atoms with van der Waals surface area (Å²) >= 11 is 0. The van der Waals surface area contributed by atoms with Crippen LogP contribution >= 0.6 is 0 Å². The normalized spacial score (nSPS) is 10.8. The molecule has 0 amide bonds. The van der Waals surface area contributed by atoms with Gasteiger partial charge in [0.25, 0.3) is 0 Å². The van der Waals surface area contributed by atoms with Crippen LogP contribution < -0.4 is 5.32 Å². The fraction of sp³-hybridized carbons (Fsp3) is 0.0909. The molecule has 0 bridgehead atoms. The molecular weight excluding hydrogens is 306 g/mol. The molecule has 1 heterocycles. The van der Waals surface area contributed by atoms with E-state index in [1.807, 2.05) is 36.4 Å². The smallest absolute Gasteiger partial charge is 0.162 e. The summed E-state index contributed by atoms with van der Waals surface area (Å²) in [6.45, 7) is 2.81. The van der Waals surface area contributed by atoms with E-state index in [4.69, 9.17) is 9.97 Å². The lowest BCUT2D eigenvalue weighted by atomic mass is 10.1. The average Bonchev–Trinajstić information content (AvgIpc) is 2.67. The largest absolute Gasteiger partial charge is 0.365 e. The maximum absolute atomic E-state index is 4.79. The number of anilines is 1. The highest BCUT2D eigenvalue weighted by atomic mass is 15.0. The lowest BCUT2D eigenvalue weighted by molar-refractivity contribution is 1.11. The topological polar surface area (TPSA) is 37.8 Å². The first-order valence-corrected chi connectivity index (χ1v) is 8.41. The lowest BCUT2D eigenvalue weighted by Crippen LogP contribution is -2.04. The number of hydrogen-bond donors (Lipinski definition) is 1. The van der Waals surface area contributed by atoms with Crippen molar-refractivity contribution in [2.24, 2.45) is 0 Å². The first-order valence-electron chi connectivity index (χ1n) is 8.41. The van der Waals surface area contributed by atoms with Crippen LogP contribution in [0.2, 0.25) is 0 Å². The Balaban J connectivity index is 1.74. The molecule has 4 rings (SSSR count). The third-order valence-electron chi connectivity index (χ3n) is 4.22. The van der Waals surface area contributed by atoms with Crippen LogP contribution in [-0.2, 0) is 6.54 Å². The van der Waals surface area contributed by atoms with Crippen molar-refractivity contribution in [1.82, 2.24) is 9.97 Å². The van der Waals surface area contributed by atoms with Crippen molar-refractivity contribution < 1.29 is 0 Å². The summed E-state index contributed by atoms with van der Waals surface area (Å²) in [6.07, 6.45) is 0. The molecule has 0 saturated heterocycles. The van der Waals surface area contributed by atoms with E-state index in [0.29, 0.717) is 0 Å². The van der Waals surface area contributed by atoms with Gasteiger partial charge in [0.05, 0.1) is 5.52 Å². The number of benzene rings is 3. The molecule has 0 unspecified atom stereocenters. The molecule has 0 spiro atoms. The highest BCUT2D eigenvalue weighted by Gasteiger charge is 2.09. The van der Waals surface area contributed by atoms with Crippen LogP contribution in [0.3, 0.4) is 0 Å². The summed E-state index contributed by atoms with van der Waals surface area (Å²) in [5.74, 6) is 1.61. The summed E-state index contributed by atoms with van der Waals surface area (Å²) in [7, 11) is 0. The Kier molecular flexibility index (Phi) is 4.13. The lowest BCUT2D eigenvalue weighted by Gasteiger charge is -2.11. The molecular formula is C22H19N3. The molecule has 3 aromatic carbocycles. The molecule has 4 aromatic rings. The molecule has 0 atom stereocenters. The van der Waals surface area contributed by atoms with Crippen LogP contribution in [0, 0.1) is 6.92 Å². The van der Waals surface area contributed by atoms with Gasteiger partial charge >= 0.3 is 0 Å². The summed E-state index contributed by atoms with van der Waals surface area (Å²) < 4.78 is 0. The molecule has 0 fully saturated rings. The fourth-order valence-corrected chi connectivity index (χ4v) is 2.82. The number of hydrogen-bond acceptors (Lipinski definition) is 3. The van der Waals surface area contributed by atoms with Gasteiger partial charge in [-0.3, -0.25) is 0 Å². The summed E-state index contributed by atoms with van der Waals surface area (Å²) in [4.78, 5) is 9.53. The van der Waals surface area contributed by atoms with Gasteiger partial charge in [-0.1, -0.05) is 72.3 Å². The van der Waals surface area contributed by atoms with Gasteiger partial charge in [0.2, 0.25) is 0 Å². The van der Waals surface area contributed by atoms with E-state index >= 15 is 0 Å². The Morgan fingerprint density at radius 3 is 2.28 bits per heavy atom. The van der Waals surface area contributed by atoms with Crippen LogP contribution in [-0.4, -0.2) is 9.97 Å². The van der Waals surface area contributed by atoms with Crippen molar-refractivity contribution >= 4 is 16.7 Å². The fourth-order valence-electron chi connectivity index (χ4n) is 2.82. The van der Waals surface area contributed by atoms with E-state index in [0.717, 1.165) is 34.7 Å². The molecule has 1 N–H and O–H groups in total. The third-order valence-corrected chi connectivity index (χ3v) is 4.22. The number of para-hydroxylation sites is 1. The van der Waals surface area contributed by atoms with E-state index in [1.165, 1.54) is 11.1 Å². The quantitative estimate of drug-likeness (QED) is 0.559. The second-order valence-electron chi connectivity index (χ2n) is 6.12. The predicted molar refractivity (Wildman–Crippen MR) is 103 cm³/mol.